The fourth-order valence-corrected chi connectivity index (χ4v) is 3.68. The number of hydrogen-bond acceptors (Lipinski definition) is 3. The van der Waals surface area contributed by atoms with Gasteiger partial charge in [0, 0.05) is 16.2 Å². The van der Waals surface area contributed by atoms with Crippen molar-refractivity contribution in [1.82, 2.24) is 9.38 Å². The number of rotatable bonds is 2. The average Bonchev–Trinajstić information content (AvgIpc) is 3.06. The highest BCUT2D eigenvalue weighted by Crippen LogP contribution is 2.45. The fraction of sp³-hybridized carbons (Fsp3) is 0.235. The number of halogens is 1. The number of nitrogens with zero attached hydrogens (tertiary/aromatic N) is 2. The first-order valence-corrected chi connectivity index (χ1v) is 7.95. The number of aryl methyl sites for hydroxylation is 1. The van der Waals surface area contributed by atoms with Crippen LogP contribution in [0.4, 0.5) is 0 Å². The van der Waals surface area contributed by atoms with E-state index in [2.05, 4.69) is 20.9 Å². The van der Waals surface area contributed by atoms with Gasteiger partial charge in [-0.25, -0.2) is 4.98 Å². The van der Waals surface area contributed by atoms with E-state index in [9.17, 15) is 5.11 Å². The highest BCUT2D eigenvalue weighted by atomic mass is 79.9. The molecular weight excluding hydrogens is 344 g/mol. The van der Waals surface area contributed by atoms with Crippen LogP contribution < -0.4 is 4.74 Å². The van der Waals surface area contributed by atoms with E-state index in [-0.39, 0.29) is 0 Å². The van der Waals surface area contributed by atoms with E-state index in [1.54, 1.807) is 7.11 Å². The molecule has 1 aliphatic carbocycles. The molecule has 4 rings (SSSR count). The van der Waals surface area contributed by atoms with Crippen LogP contribution in [-0.4, -0.2) is 21.6 Å². The Labute approximate surface area is 136 Å². The highest BCUT2D eigenvalue weighted by molar-refractivity contribution is 9.10. The number of aliphatic hydroxyl groups is 1. The molecule has 2 aromatic heterocycles. The van der Waals surface area contributed by atoms with E-state index < -0.39 is 5.60 Å². The number of methoxy groups -OCH3 is 1. The molecule has 0 fully saturated rings. The number of benzene rings is 1. The third-order valence-corrected chi connectivity index (χ3v) is 4.79. The van der Waals surface area contributed by atoms with Gasteiger partial charge in [0.05, 0.1) is 18.5 Å². The average molecular weight is 359 g/mol. The molecule has 0 amide bonds. The van der Waals surface area contributed by atoms with Crippen LogP contribution in [0.25, 0.3) is 5.65 Å². The Bertz CT molecular complexity index is 874. The van der Waals surface area contributed by atoms with Crippen molar-refractivity contribution in [3.63, 3.8) is 0 Å². The van der Waals surface area contributed by atoms with Gasteiger partial charge in [0.15, 0.2) is 0 Å². The van der Waals surface area contributed by atoms with E-state index in [0.717, 1.165) is 33.5 Å². The molecule has 22 heavy (non-hydrogen) atoms. The summed E-state index contributed by atoms with van der Waals surface area (Å²) in [4.78, 5) is 4.65. The van der Waals surface area contributed by atoms with Crippen LogP contribution in [0.1, 0.15) is 23.4 Å². The molecule has 1 atom stereocenters. The van der Waals surface area contributed by atoms with Crippen LogP contribution in [0.3, 0.4) is 0 Å². The SMILES string of the molecule is COc1ccccc1C1(O)CCc2nc3ccc(Br)cn3c21. The van der Waals surface area contributed by atoms with Gasteiger partial charge in [0.2, 0.25) is 0 Å². The number of fused-ring (bicyclic) bond motifs is 3. The third-order valence-electron chi connectivity index (χ3n) is 4.32. The second-order valence-corrected chi connectivity index (χ2v) is 6.46. The first-order valence-electron chi connectivity index (χ1n) is 7.16. The third kappa shape index (κ3) is 1.82. The second kappa shape index (κ2) is 4.83. The maximum absolute atomic E-state index is 11.4. The van der Waals surface area contributed by atoms with Crippen molar-refractivity contribution in [2.24, 2.45) is 0 Å². The Morgan fingerprint density at radius 1 is 1.27 bits per heavy atom. The predicted molar refractivity (Wildman–Crippen MR) is 87.2 cm³/mol. The minimum absolute atomic E-state index is 0.612. The topological polar surface area (TPSA) is 46.8 Å². The fourth-order valence-electron chi connectivity index (χ4n) is 3.35. The van der Waals surface area contributed by atoms with Crippen LogP contribution in [0.15, 0.2) is 47.1 Å². The molecule has 112 valence electrons. The summed E-state index contributed by atoms with van der Waals surface area (Å²) >= 11 is 3.49. The monoisotopic (exact) mass is 358 g/mol. The molecule has 0 bridgehead atoms. The molecule has 5 heteroatoms. The van der Waals surface area contributed by atoms with Crippen molar-refractivity contribution in [2.75, 3.05) is 7.11 Å². The van der Waals surface area contributed by atoms with Gasteiger partial charge >= 0.3 is 0 Å². The minimum Gasteiger partial charge on any atom is -0.496 e. The van der Waals surface area contributed by atoms with Gasteiger partial charge < -0.3 is 9.84 Å². The van der Waals surface area contributed by atoms with E-state index in [1.807, 2.05) is 47.0 Å². The Kier molecular flexibility index (Phi) is 3.03. The molecule has 2 heterocycles. The lowest BCUT2D eigenvalue weighted by Crippen LogP contribution is -2.26. The maximum atomic E-state index is 11.4. The summed E-state index contributed by atoms with van der Waals surface area (Å²) in [6.45, 7) is 0. The summed E-state index contributed by atoms with van der Waals surface area (Å²) in [7, 11) is 1.63. The number of pyridine rings is 1. The quantitative estimate of drug-likeness (QED) is 0.764. The predicted octanol–water partition coefficient (Wildman–Crippen LogP) is 3.29. The Hall–Kier alpha value is -1.85. The van der Waals surface area contributed by atoms with E-state index in [1.165, 1.54) is 0 Å². The second-order valence-electron chi connectivity index (χ2n) is 5.54. The molecule has 1 aromatic carbocycles. The van der Waals surface area contributed by atoms with Gasteiger partial charge in [-0.3, -0.25) is 4.40 Å². The minimum atomic E-state index is -1.08. The Morgan fingerprint density at radius 2 is 2.09 bits per heavy atom. The molecule has 0 saturated carbocycles. The number of aromatic nitrogens is 2. The van der Waals surface area contributed by atoms with Gasteiger partial charge in [-0.1, -0.05) is 18.2 Å². The standard InChI is InChI=1S/C17H15BrN2O2/c1-22-14-5-3-2-4-12(14)17(21)9-8-13-16(17)20-10-11(18)6-7-15(20)19-13/h2-7,10,21H,8-9H2,1H3. The van der Waals surface area contributed by atoms with Crippen molar-refractivity contribution in [2.45, 2.75) is 18.4 Å². The summed E-state index contributed by atoms with van der Waals surface area (Å²) < 4.78 is 8.38. The lowest BCUT2D eigenvalue weighted by atomic mass is 9.90. The first-order chi connectivity index (χ1) is 10.6. The summed E-state index contributed by atoms with van der Waals surface area (Å²) in [6, 6.07) is 11.5. The van der Waals surface area contributed by atoms with Gasteiger partial charge in [-0.05, 0) is 47.0 Å². The smallest absolute Gasteiger partial charge is 0.137 e. The zero-order chi connectivity index (χ0) is 15.3. The molecule has 1 unspecified atom stereocenters. The van der Waals surface area contributed by atoms with E-state index >= 15 is 0 Å². The normalized spacial score (nSPS) is 20.3. The van der Waals surface area contributed by atoms with Crippen LogP contribution in [0.5, 0.6) is 5.75 Å². The molecule has 0 spiro atoms. The van der Waals surface area contributed by atoms with Gasteiger partial charge in [0.1, 0.15) is 17.0 Å². The number of para-hydroxylation sites is 1. The molecular formula is C17H15BrN2O2. The molecule has 0 saturated heterocycles. The molecule has 0 aliphatic heterocycles. The summed E-state index contributed by atoms with van der Waals surface area (Å²) in [6.07, 6.45) is 3.32. The maximum Gasteiger partial charge on any atom is 0.137 e. The Morgan fingerprint density at radius 3 is 2.91 bits per heavy atom. The van der Waals surface area contributed by atoms with Gasteiger partial charge in [-0.15, -0.1) is 0 Å². The van der Waals surface area contributed by atoms with Gasteiger partial charge in [0.25, 0.3) is 0 Å². The van der Waals surface area contributed by atoms with Crippen molar-refractivity contribution in [1.29, 1.82) is 0 Å². The number of imidazole rings is 1. The lowest BCUT2D eigenvalue weighted by molar-refractivity contribution is 0.0748. The van der Waals surface area contributed by atoms with Crippen LogP contribution in [-0.2, 0) is 12.0 Å². The molecule has 4 nitrogen and oxygen atoms in total. The molecule has 1 aliphatic rings. The zero-order valence-corrected chi connectivity index (χ0v) is 13.7. The van der Waals surface area contributed by atoms with E-state index in [0.29, 0.717) is 12.2 Å². The first kappa shape index (κ1) is 13.8. The number of hydrogen-bond donors (Lipinski definition) is 1. The van der Waals surface area contributed by atoms with Crippen molar-refractivity contribution in [3.8, 4) is 5.75 Å². The zero-order valence-electron chi connectivity index (χ0n) is 12.1. The van der Waals surface area contributed by atoms with Crippen molar-refractivity contribution >= 4 is 21.6 Å². The van der Waals surface area contributed by atoms with Crippen molar-refractivity contribution in [3.05, 3.63) is 64.0 Å². The summed E-state index contributed by atoms with van der Waals surface area (Å²) in [5.41, 5.74) is 2.35. The van der Waals surface area contributed by atoms with Crippen LogP contribution in [0, 0.1) is 0 Å². The highest BCUT2D eigenvalue weighted by Gasteiger charge is 2.44. The molecule has 3 aromatic rings. The molecule has 0 radical (unpaired) electrons. The lowest BCUT2D eigenvalue weighted by Gasteiger charge is -2.26. The summed E-state index contributed by atoms with van der Waals surface area (Å²) in [5, 5.41) is 11.4. The van der Waals surface area contributed by atoms with E-state index in [4.69, 9.17) is 4.74 Å². The van der Waals surface area contributed by atoms with Gasteiger partial charge in [-0.2, -0.15) is 0 Å². The van der Waals surface area contributed by atoms with Crippen molar-refractivity contribution < 1.29 is 9.84 Å². The van der Waals surface area contributed by atoms with Crippen LogP contribution in [0.2, 0.25) is 0 Å². The summed E-state index contributed by atoms with van der Waals surface area (Å²) in [5.74, 6) is 0.697. The van der Waals surface area contributed by atoms with Crippen LogP contribution >= 0.6 is 15.9 Å². The largest absolute Gasteiger partial charge is 0.496 e. The number of ether oxygens (including phenoxy) is 1. The molecule has 1 N–H and O–H groups in total. The Balaban J connectivity index is 2.00.